The first-order valence-corrected chi connectivity index (χ1v) is 5.96. The van der Waals surface area contributed by atoms with Crippen molar-refractivity contribution in [2.45, 2.75) is 12.3 Å². The van der Waals surface area contributed by atoms with Crippen LogP contribution in [0.5, 0.6) is 0 Å². The van der Waals surface area contributed by atoms with Gasteiger partial charge in [0.2, 0.25) is 0 Å². The monoisotopic (exact) mass is 284 g/mol. The second-order valence-electron chi connectivity index (χ2n) is 3.97. The summed E-state index contributed by atoms with van der Waals surface area (Å²) in [7, 11) is 0. The van der Waals surface area contributed by atoms with Crippen molar-refractivity contribution in [2.75, 3.05) is 13.2 Å². The number of fused-ring (bicyclic) bond motifs is 1. The molecule has 1 aliphatic rings. The Bertz CT molecular complexity index is 495. The molecule has 0 radical (unpaired) electrons. The van der Waals surface area contributed by atoms with Crippen molar-refractivity contribution < 1.29 is 9.13 Å². The highest BCUT2D eigenvalue weighted by atomic mass is 79.9. The molecule has 0 amide bonds. The molecule has 2 heterocycles. The molecule has 1 aliphatic heterocycles. The molecule has 1 unspecified atom stereocenters. The van der Waals surface area contributed by atoms with Gasteiger partial charge in [0, 0.05) is 18.6 Å². The average Bonchev–Trinajstić information content (AvgIpc) is 2.86. The van der Waals surface area contributed by atoms with Gasteiger partial charge in [-0.2, -0.15) is 0 Å². The van der Waals surface area contributed by atoms with Crippen LogP contribution in [0.1, 0.15) is 18.2 Å². The Morgan fingerprint density at radius 3 is 3.12 bits per heavy atom. The van der Waals surface area contributed by atoms with Crippen LogP contribution in [0.3, 0.4) is 0 Å². The highest BCUT2D eigenvalue weighted by molar-refractivity contribution is 9.10. The fraction of sp³-hybridized carbons (Fsp3) is 0.364. The highest BCUT2D eigenvalue weighted by Crippen LogP contribution is 2.27. The predicted octanol–water partition coefficient (Wildman–Crippen LogP) is 2.97. The molecule has 0 saturated carbocycles. The molecular weight excluding hydrogens is 275 g/mol. The summed E-state index contributed by atoms with van der Waals surface area (Å²) in [5.74, 6) is 0.935. The van der Waals surface area contributed by atoms with Crippen LogP contribution in [0.4, 0.5) is 4.39 Å². The summed E-state index contributed by atoms with van der Waals surface area (Å²) < 4.78 is 19.1. The fourth-order valence-electron chi connectivity index (χ4n) is 1.97. The minimum absolute atomic E-state index is 0.273. The van der Waals surface area contributed by atoms with Crippen molar-refractivity contribution in [2.24, 2.45) is 0 Å². The molecule has 1 N–H and O–H groups in total. The van der Waals surface area contributed by atoms with Crippen LogP contribution in [-0.2, 0) is 4.74 Å². The van der Waals surface area contributed by atoms with E-state index in [1.54, 1.807) is 6.07 Å². The Labute approximate surface area is 100 Å². The van der Waals surface area contributed by atoms with Crippen molar-refractivity contribution in [3.8, 4) is 0 Å². The number of rotatable bonds is 1. The van der Waals surface area contributed by atoms with Gasteiger partial charge in [-0.3, -0.25) is 0 Å². The van der Waals surface area contributed by atoms with E-state index in [4.69, 9.17) is 4.74 Å². The van der Waals surface area contributed by atoms with Crippen molar-refractivity contribution in [3.05, 3.63) is 28.2 Å². The Balaban J connectivity index is 2.08. The summed E-state index contributed by atoms with van der Waals surface area (Å²) in [4.78, 5) is 7.62. The number of hydrogen-bond acceptors (Lipinski definition) is 2. The van der Waals surface area contributed by atoms with Gasteiger partial charge in [-0.1, -0.05) is 0 Å². The highest BCUT2D eigenvalue weighted by Gasteiger charge is 2.21. The quantitative estimate of drug-likeness (QED) is 0.874. The van der Waals surface area contributed by atoms with Gasteiger partial charge in [0.25, 0.3) is 0 Å². The minimum Gasteiger partial charge on any atom is -0.381 e. The maximum atomic E-state index is 13.3. The third kappa shape index (κ3) is 1.64. The van der Waals surface area contributed by atoms with Crippen molar-refractivity contribution in [1.82, 2.24) is 9.97 Å². The lowest BCUT2D eigenvalue weighted by atomic mass is 10.1. The van der Waals surface area contributed by atoms with Crippen LogP contribution in [0.2, 0.25) is 0 Å². The number of nitrogens with zero attached hydrogens (tertiary/aromatic N) is 1. The zero-order valence-electron chi connectivity index (χ0n) is 8.46. The van der Waals surface area contributed by atoms with Crippen molar-refractivity contribution >= 4 is 27.0 Å². The molecule has 84 valence electrons. The number of H-pyrrole nitrogens is 1. The van der Waals surface area contributed by atoms with E-state index in [0.717, 1.165) is 29.9 Å². The summed E-state index contributed by atoms with van der Waals surface area (Å²) in [6.07, 6.45) is 0.976. The van der Waals surface area contributed by atoms with Crippen molar-refractivity contribution in [1.29, 1.82) is 0 Å². The largest absolute Gasteiger partial charge is 0.381 e. The summed E-state index contributed by atoms with van der Waals surface area (Å²) in [5, 5.41) is 0. The first kappa shape index (κ1) is 10.2. The number of nitrogens with one attached hydrogen (secondary N) is 1. The zero-order valence-corrected chi connectivity index (χ0v) is 10.1. The second kappa shape index (κ2) is 3.82. The van der Waals surface area contributed by atoms with E-state index in [9.17, 15) is 4.39 Å². The van der Waals surface area contributed by atoms with Crippen LogP contribution in [0, 0.1) is 5.82 Å². The Morgan fingerprint density at radius 1 is 1.50 bits per heavy atom. The normalized spacial score (nSPS) is 20.8. The van der Waals surface area contributed by atoms with Gasteiger partial charge in [0.15, 0.2) is 0 Å². The molecule has 3 nitrogen and oxygen atoms in total. The van der Waals surface area contributed by atoms with E-state index in [2.05, 4.69) is 25.9 Å². The zero-order chi connectivity index (χ0) is 11.1. The van der Waals surface area contributed by atoms with Gasteiger partial charge in [-0.05, 0) is 28.4 Å². The van der Waals surface area contributed by atoms with E-state index in [1.165, 1.54) is 6.07 Å². The number of ether oxygens (including phenoxy) is 1. The molecule has 16 heavy (non-hydrogen) atoms. The Kier molecular flexibility index (Phi) is 2.44. The molecule has 5 heteroatoms. The van der Waals surface area contributed by atoms with Gasteiger partial charge >= 0.3 is 0 Å². The number of aromatic amines is 1. The summed E-state index contributed by atoms with van der Waals surface area (Å²) in [5.41, 5.74) is 1.53. The minimum atomic E-state index is -0.273. The average molecular weight is 285 g/mol. The summed E-state index contributed by atoms with van der Waals surface area (Å²) in [6, 6.07) is 3.16. The number of halogens is 2. The van der Waals surface area contributed by atoms with Crippen molar-refractivity contribution in [3.63, 3.8) is 0 Å². The molecule has 1 aromatic carbocycles. The van der Waals surface area contributed by atoms with Crippen LogP contribution >= 0.6 is 15.9 Å². The predicted molar refractivity (Wildman–Crippen MR) is 61.9 cm³/mol. The summed E-state index contributed by atoms with van der Waals surface area (Å²) >= 11 is 3.16. The standard InChI is InChI=1S/C11H10BrFN2O/c12-7-3-9-10(4-8(7)13)15-11(14-9)6-1-2-16-5-6/h3-4,6H,1-2,5H2,(H,14,15). The lowest BCUT2D eigenvalue weighted by Crippen LogP contribution is -1.99. The van der Waals surface area contributed by atoms with Crippen LogP contribution in [-0.4, -0.2) is 23.2 Å². The molecular formula is C11H10BrFN2O. The lowest BCUT2D eigenvalue weighted by molar-refractivity contribution is 0.193. The molecule has 0 bridgehead atoms. The smallest absolute Gasteiger partial charge is 0.139 e. The molecule has 0 spiro atoms. The molecule has 1 saturated heterocycles. The molecule has 0 aliphatic carbocycles. The number of imidazole rings is 1. The number of aromatic nitrogens is 2. The second-order valence-corrected chi connectivity index (χ2v) is 4.82. The third-order valence-corrected chi connectivity index (χ3v) is 3.47. The number of hydrogen-bond donors (Lipinski definition) is 1. The lowest BCUT2D eigenvalue weighted by Gasteiger charge is -2.00. The van der Waals surface area contributed by atoms with Gasteiger partial charge in [-0.15, -0.1) is 0 Å². The topological polar surface area (TPSA) is 37.9 Å². The Hall–Kier alpha value is -0.940. The first-order valence-electron chi connectivity index (χ1n) is 5.16. The maximum absolute atomic E-state index is 13.3. The van der Waals surface area contributed by atoms with E-state index in [1.807, 2.05) is 0 Å². The van der Waals surface area contributed by atoms with Gasteiger partial charge in [0.05, 0.1) is 22.1 Å². The first-order chi connectivity index (χ1) is 7.74. The van der Waals surface area contributed by atoms with Crippen LogP contribution in [0.25, 0.3) is 11.0 Å². The van der Waals surface area contributed by atoms with E-state index in [-0.39, 0.29) is 5.82 Å². The third-order valence-electron chi connectivity index (χ3n) is 2.86. The maximum Gasteiger partial charge on any atom is 0.139 e. The molecule has 1 atom stereocenters. The van der Waals surface area contributed by atoms with E-state index >= 15 is 0 Å². The SMILES string of the molecule is Fc1cc2[nH]c(C3CCOC3)nc2cc1Br. The van der Waals surface area contributed by atoms with E-state index in [0.29, 0.717) is 17.0 Å². The Morgan fingerprint density at radius 2 is 2.38 bits per heavy atom. The number of benzene rings is 1. The molecule has 1 fully saturated rings. The van der Waals surface area contributed by atoms with Crippen LogP contribution < -0.4 is 0 Å². The molecule has 3 rings (SSSR count). The molecule has 1 aromatic heterocycles. The van der Waals surface area contributed by atoms with Crippen LogP contribution in [0.15, 0.2) is 16.6 Å². The van der Waals surface area contributed by atoms with Gasteiger partial charge in [-0.25, -0.2) is 9.37 Å². The van der Waals surface area contributed by atoms with E-state index < -0.39 is 0 Å². The van der Waals surface area contributed by atoms with Gasteiger partial charge < -0.3 is 9.72 Å². The summed E-state index contributed by atoms with van der Waals surface area (Å²) in [6.45, 7) is 1.48. The van der Waals surface area contributed by atoms with Gasteiger partial charge in [0.1, 0.15) is 11.6 Å². The fourth-order valence-corrected chi connectivity index (χ4v) is 2.30. The molecule has 2 aromatic rings.